The molecule has 0 bridgehead atoms. The number of rotatable bonds is 2. The van der Waals surface area contributed by atoms with Gasteiger partial charge in [0.2, 0.25) is 11.7 Å². The van der Waals surface area contributed by atoms with Gasteiger partial charge in [-0.1, -0.05) is 11.2 Å². The number of nitrogens with zero attached hydrogens (tertiary/aromatic N) is 2. The van der Waals surface area contributed by atoms with Gasteiger partial charge in [-0.25, -0.2) is 8.78 Å². The number of hydrogen-bond donors (Lipinski definition) is 1. The Morgan fingerprint density at radius 1 is 1.26 bits per heavy atom. The van der Waals surface area contributed by atoms with E-state index in [0.29, 0.717) is 5.89 Å². The average Bonchev–Trinajstić information content (AvgIpc) is 2.89. The van der Waals surface area contributed by atoms with E-state index >= 15 is 0 Å². The molecule has 6 heteroatoms. The molecule has 1 aromatic heterocycles. The number of hydrogen-bond acceptors (Lipinski definition) is 4. The van der Waals surface area contributed by atoms with Crippen LogP contribution >= 0.6 is 0 Å². The minimum atomic E-state index is -0.686. The van der Waals surface area contributed by atoms with Crippen LogP contribution in [-0.2, 0) is 0 Å². The average molecular weight is 265 g/mol. The summed E-state index contributed by atoms with van der Waals surface area (Å²) in [4.78, 5) is 4.13. The maximum atomic E-state index is 13.6. The van der Waals surface area contributed by atoms with Crippen molar-refractivity contribution < 1.29 is 13.3 Å². The molecule has 1 fully saturated rings. The monoisotopic (exact) mass is 265 g/mol. The second-order valence-corrected chi connectivity index (χ2v) is 4.60. The summed E-state index contributed by atoms with van der Waals surface area (Å²) >= 11 is 0. The molecule has 3 rings (SSSR count). The largest absolute Gasteiger partial charge is 0.339 e. The quantitative estimate of drug-likeness (QED) is 0.906. The summed E-state index contributed by atoms with van der Waals surface area (Å²) in [5, 5.41) is 6.92. The second kappa shape index (κ2) is 5.05. The molecule has 0 saturated carbocycles. The van der Waals surface area contributed by atoms with E-state index < -0.39 is 11.6 Å². The van der Waals surface area contributed by atoms with Gasteiger partial charge in [0.25, 0.3) is 0 Å². The Bertz CT molecular complexity index is 559. The third-order valence-corrected chi connectivity index (χ3v) is 3.27. The van der Waals surface area contributed by atoms with Crippen LogP contribution in [0.5, 0.6) is 0 Å². The fraction of sp³-hybridized carbons (Fsp3) is 0.385. The van der Waals surface area contributed by atoms with Crippen LogP contribution in [0.15, 0.2) is 22.7 Å². The van der Waals surface area contributed by atoms with Crippen LogP contribution in [-0.4, -0.2) is 23.2 Å². The number of halogens is 2. The molecule has 1 aliphatic heterocycles. The molecule has 1 atom stereocenters. The van der Waals surface area contributed by atoms with E-state index in [0.717, 1.165) is 25.9 Å². The molecular formula is C13H13F2N3O. The van der Waals surface area contributed by atoms with E-state index in [4.69, 9.17) is 4.52 Å². The first-order valence-corrected chi connectivity index (χ1v) is 6.24. The zero-order valence-corrected chi connectivity index (χ0v) is 10.2. The van der Waals surface area contributed by atoms with Gasteiger partial charge in [0, 0.05) is 6.54 Å². The molecule has 1 saturated heterocycles. The first-order valence-electron chi connectivity index (χ1n) is 6.24. The van der Waals surface area contributed by atoms with E-state index in [1.807, 2.05) is 0 Å². The number of nitrogens with one attached hydrogen (secondary N) is 1. The molecular weight excluding hydrogens is 252 g/mol. The van der Waals surface area contributed by atoms with Gasteiger partial charge in [-0.05, 0) is 31.5 Å². The van der Waals surface area contributed by atoms with Crippen LogP contribution < -0.4 is 5.32 Å². The Morgan fingerprint density at radius 3 is 2.74 bits per heavy atom. The van der Waals surface area contributed by atoms with Crippen molar-refractivity contribution in [2.75, 3.05) is 13.1 Å². The molecule has 0 aliphatic carbocycles. The molecule has 0 amide bonds. The minimum Gasteiger partial charge on any atom is -0.339 e. The summed E-state index contributed by atoms with van der Waals surface area (Å²) in [6.07, 6.45) is 1.96. The molecule has 19 heavy (non-hydrogen) atoms. The van der Waals surface area contributed by atoms with Crippen molar-refractivity contribution in [1.29, 1.82) is 0 Å². The number of benzene rings is 1. The fourth-order valence-electron chi connectivity index (χ4n) is 2.28. The highest BCUT2D eigenvalue weighted by Crippen LogP contribution is 2.27. The summed E-state index contributed by atoms with van der Waals surface area (Å²) in [5.74, 6) is -0.853. The van der Waals surface area contributed by atoms with Crippen LogP contribution in [0.1, 0.15) is 24.7 Å². The minimum absolute atomic E-state index is 0.0313. The smallest absolute Gasteiger partial charge is 0.231 e. The molecule has 2 aromatic rings. The Kier molecular flexibility index (Phi) is 3.25. The van der Waals surface area contributed by atoms with Crippen molar-refractivity contribution in [3.63, 3.8) is 0 Å². The predicted molar refractivity (Wildman–Crippen MR) is 64.5 cm³/mol. The third kappa shape index (κ3) is 2.35. The zero-order valence-electron chi connectivity index (χ0n) is 10.2. The van der Waals surface area contributed by atoms with Crippen LogP contribution in [0.3, 0.4) is 0 Å². The summed E-state index contributed by atoms with van der Waals surface area (Å²) in [5.41, 5.74) is -0.235. The first-order chi connectivity index (χ1) is 9.25. The fourth-order valence-corrected chi connectivity index (χ4v) is 2.28. The SMILES string of the molecule is Fc1cccc(F)c1-c1noc(C2CCCNC2)n1. The molecule has 0 radical (unpaired) electrons. The Morgan fingerprint density at radius 2 is 2.05 bits per heavy atom. The van der Waals surface area contributed by atoms with E-state index in [2.05, 4.69) is 15.5 Å². The highest BCUT2D eigenvalue weighted by molar-refractivity contribution is 5.56. The van der Waals surface area contributed by atoms with E-state index in [1.54, 1.807) is 0 Å². The van der Waals surface area contributed by atoms with Gasteiger partial charge < -0.3 is 9.84 Å². The van der Waals surface area contributed by atoms with Gasteiger partial charge >= 0.3 is 0 Å². The molecule has 4 nitrogen and oxygen atoms in total. The van der Waals surface area contributed by atoms with E-state index in [-0.39, 0.29) is 17.3 Å². The Balaban J connectivity index is 1.92. The molecule has 1 aromatic carbocycles. The van der Waals surface area contributed by atoms with Crippen molar-refractivity contribution in [3.05, 3.63) is 35.7 Å². The topological polar surface area (TPSA) is 51.0 Å². The van der Waals surface area contributed by atoms with Gasteiger partial charge in [0.15, 0.2) is 0 Å². The molecule has 1 N–H and O–H groups in total. The van der Waals surface area contributed by atoms with Crippen molar-refractivity contribution in [2.24, 2.45) is 0 Å². The molecule has 1 aliphatic rings. The molecule has 2 heterocycles. The van der Waals surface area contributed by atoms with Crippen LogP contribution in [0.2, 0.25) is 0 Å². The van der Waals surface area contributed by atoms with Crippen LogP contribution in [0, 0.1) is 11.6 Å². The normalized spacial score (nSPS) is 19.6. The Labute approximate surface area is 108 Å². The first kappa shape index (κ1) is 12.2. The highest BCUT2D eigenvalue weighted by Gasteiger charge is 2.23. The lowest BCUT2D eigenvalue weighted by molar-refractivity contribution is 0.322. The lowest BCUT2D eigenvalue weighted by Gasteiger charge is -2.18. The van der Waals surface area contributed by atoms with Gasteiger partial charge in [0.05, 0.1) is 11.5 Å². The van der Waals surface area contributed by atoms with Gasteiger partial charge in [-0.2, -0.15) is 4.98 Å². The van der Waals surface area contributed by atoms with Crippen molar-refractivity contribution in [3.8, 4) is 11.4 Å². The Hall–Kier alpha value is -1.82. The second-order valence-electron chi connectivity index (χ2n) is 4.60. The van der Waals surface area contributed by atoms with Gasteiger partial charge in [-0.3, -0.25) is 0 Å². The van der Waals surface area contributed by atoms with Gasteiger partial charge in [-0.15, -0.1) is 0 Å². The van der Waals surface area contributed by atoms with Gasteiger partial charge in [0.1, 0.15) is 11.6 Å². The lowest BCUT2D eigenvalue weighted by Crippen LogP contribution is -2.28. The standard InChI is InChI=1S/C13H13F2N3O/c14-9-4-1-5-10(15)11(9)12-17-13(19-18-12)8-3-2-6-16-7-8/h1,4-5,8,16H,2-3,6-7H2. The maximum absolute atomic E-state index is 13.6. The summed E-state index contributed by atoms with van der Waals surface area (Å²) in [7, 11) is 0. The van der Waals surface area contributed by atoms with Crippen molar-refractivity contribution in [1.82, 2.24) is 15.5 Å². The summed E-state index contributed by atoms with van der Waals surface area (Å²) in [6, 6.07) is 3.66. The molecule has 100 valence electrons. The van der Waals surface area contributed by atoms with Crippen molar-refractivity contribution >= 4 is 0 Å². The zero-order chi connectivity index (χ0) is 13.2. The van der Waals surface area contributed by atoms with Crippen LogP contribution in [0.4, 0.5) is 8.78 Å². The highest BCUT2D eigenvalue weighted by atomic mass is 19.1. The summed E-state index contributed by atoms with van der Waals surface area (Å²) in [6.45, 7) is 1.72. The lowest BCUT2D eigenvalue weighted by atomic mass is 10.00. The van der Waals surface area contributed by atoms with Crippen LogP contribution in [0.25, 0.3) is 11.4 Å². The van der Waals surface area contributed by atoms with E-state index in [1.165, 1.54) is 18.2 Å². The molecule has 1 unspecified atom stereocenters. The maximum Gasteiger partial charge on any atom is 0.231 e. The van der Waals surface area contributed by atoms with Crippen molar-refractivity contribution in [2.45, 2.75) is 18.8 Å². The number of piperidine rings is 1. The van der Waals surface area contributed by atoms with E-state index in [9.17, 15) is 8.78 Å². The molecule has 0 spiro atoms. The third-order valence-electron chi connectivity index (χ3n) is 3.27. The summed E-state index contributed by atoms with van der Waals surface area (Å²) < 4.78 is 32.4. The predicted octanol–water partition coefficient (Wildman–Crippen LogP) is 2.48. The number of aromatic nitrogens is 2.